The van der Waals surface area contributed by atoms with Crippen LogP contribution >= 0.6 is 0 Å². The van der Waals surface area contributed by atoms with Crippen molar-refractivity contribution in [2.24, 2.45) is 20.0 Å². The molecule has 0 unspecified atom stereocenters. The molecule has 16 heteroatoms. The van der Waals surface area contributed by atoms with E-state index in [4.69, 9.17) is 0 Å². The minimum Gasteiger partial charge on any atom is -0.872 e. The first-order valence-corrected chi connectivity index (χ1v) is 22.8. The minimum absolute atomic E-state index is 0. The van der Waals surface area contributed by atoms with E-state index in [9.17, 15) is 30.6 Å². The zero-order valence-electron chi connectivity index (χ0n) is 38.5. The first kappa shape index (κ1) is 56.1. The SMILES string of the molecule is [Dy+3].[Dy+3].[O-]c1ccccc1C=NCCN1CCN(CCN=Cc2ccccc2[O-])C1c1ccccc1[O-].[O-]c1ccccc1C=NCCN1CCN(CCN=Cc2ccccc2[O-])C1c1ccccc1[O-]. The topological polar surface area (TPSA) is 201 Å². The van der Waals surface area contributed by atoms with E-state index in [0.717, 1.165) is 37.3 Å². The van der Waals surface area contributed by atoms with E-state index >= 15 is 0 Å². The van der Waals surface area contributed by atoms with Gasteiger partial charge in [-0.2, -0.15) is 0 Å². The predicted octanol–water partition coefficient (Wildman–Crippen LogP) is 3.52. The Kier molecular flexibility index (Phi) is 23.7. The summed E-state index contributed by atoms with van der Waals surface area (Å²) in [6, 6.07) is 41.5. The Bertz CT molecular complexity index is 2350. The number of nitrogens with zero attached hydrogens (tertiary/aromatic N) is 8. The van der Waals surface area contributed by atoms with Gasteiger partial charge in [-0.3, -0.25) is 39.6 Å². The Labute approximate surface area is 471 Å². The van der Waals surface area contributed by atoms with Crippen molar-refractivity contribution in [2.75, 3.05) is 78.5 Å². The van der Waals surface area contributed by atoms with E-state index in [1.807, 2.05) is 48.5 Å². The van der Waals surface area contributed by atoms with E-state index in [0.29, 0.717) is 74.6 Å². The molecule has 8 rings (SSSR count). The van der Waals surface area contributed by atoms with Crippen molar-refractivity contribution in [2.45, 2.75) is 12.3 Å². The first-order chi connectivity index (χ1) is 33.3. The molecule has 2 aliphatic heterocycles. The summed E-state index contributed by atoms with van der Waals surface area (Å²) in [5.74, 6) is -0.156. The summed E-state index contributed by atoms with van der Waals surface area (Å²) in [5.41, 5.74) is 3.77. The number of aliphatic imine (C=N–C) groups is 4. The molecule has 0 saturated carbocycles. The second-order valence-electron chi connectivity index (χ2n) is 16.3. The zero-order chi connectivity index (χ0) is 47.5. The monoisotopic (exact) mass is 1240 g/mol. The summed E-state index contributed by atoms with van der Waals surface area (Å²) in [5, 5.41) is 72.6. The van der Waals surface area contributed by atoms with Crippen LogP contribution in [-0.4, -0.2) is 123 Å². The minimum atomic E-state index is -0.155. The van der Waals surface area contributed by atoms with Crippen molar-refractivity contribution in [1.29, 1.82) is 0 Å². The van der Waals surface area contributed by atoms with Crippen molar-refractivity contribution in [1.82, 2.24) is 19.6 Å². The van der Waals surface area contributed by atoms with E-state index in [1.165, 1.54) is 24.3 Å². The van der Waals surface area contributed by atoms with Gasteiger partial charge in [0.2, 0.25) is 0 Å². The van der Waals surface area contributed by atoms with Gasteiger partial charge < -0.3 is 30.6 Å². The molecular formula is C54H54Dy2N8O6. The van der Waals surface area contributed by atoms with Crippen LogP contribution in [0.15, 0.2) is 166 Å². The van der Waals surface area contributed by atoms with E-state index in [2.05, 4.69) is 39.6 Å². The molecule has 0 aliphatic carbocycles. The number of rotatable bonds is 18. The van der Waals surface area contributed by atoms with Gasteiger partial charge in [0, 0.05) is 77.2 Å². The molecule has 6 aromatic carbocycles. The Morgan fingerprint density at radius 2 is 0.543 bits per heavy atom. The Morgan fingerprint density at radius 3 is 0.771 bits per heavy atom. The molecule has 2 fully saturated rings. The fourth-order valence-electron chi connectivity index (χ4n) is 8.32. The fraction of sp³-hybridized carbons (Fsp3) is 0.259. The van der Waals surface area contributed by atoms with Gasteiger partial charge in [-0.1, -0.05) is 146 Å². The van der Waals surface area contributed by atoms with Crippen LogP contribution in [-0.2, 0) is 0 Å². The molecular weight excluding hydrogens is 1180 g/mol. The van der Waals surface area contributed by atoms with Gasteiger partial charge in [-0.15, -0.1) is 34.5 Å². The van der Waals surface area contributed by atoms with Crippen LogP contribution in [0.2, 0.25) is 0 Å². The van der Waals surface area contributed by atoms with Crippen LogP contribution in [0, 0.1) is 76.3 Å². The number of hydrogen-bond donors (Lipinski definition) is 0. The second-order valence-corrected chi connectivity index (χ2v) is 16.3. The average Bonchev–Trinajstić information content (AvgIpc) is 3.95. The smallest absolute Gasteiger partial charge is 0.872 e. The van der Waals surface area contributed by atoms with Crippen LogP contribution in [0.4, 0.5) is 0 Å². The summed E-state index contributed by atoms with van der Waals surface area (Å²) in [6.07, 6.45) is 6.17. The second kappa shape index (κ2) is 29.5. The summed E-state index contributed by atoms with van der Waals surface area (Å²) >= 11 is 0. The molecule has 2 radical (unpaired) electrons. The number of hydrogen-bond acceptors (Lipinski definition) is 14. The van der Waals surface area contributed by atoms with Gasteiger partial charge in [0.15, 0.2) is 0 Å². The van der Waals surface area contributed by atoms with Crippen LogP contribution in [0.1, 0.15) is 45.7 Å². The molecule has 6 aromatic rings. The Balaban J connectivity index is 0.000000254. The maximum atomic E-state index is 12.6. The molecule has 0 N–H and O–H groups in total. The molecule has 0 spiro atoms. The molecule has 366 valence electrons. The summed E-state index contributed by atoms with van der Waals surface area (Å²) < 4.78 is 0. The third-order valence-corrected chi connectivity index (χ3v) is 11.8. The number of para-hydroxylation sites is 6. The van der Waals surface area contributed by atoms with Gasteiger partial charge in [0.1, 0.15) is 0 Å². The average molecular weight is 1240 g/mol. The third-order valence-electron chi connectivity index (χ3n) is 11.8. The normalized spacial score (nSPS) is 16.7. The summed E-state index contributed by atoms with van der Waals surface area (Å²) in [4.78, 5) is 26.7. The molecule has 2 aliphatic rings. The maximum Gasteiger partial charge on any atom is 3.00 e. The predicted molar refractivity (Wildman–Crippen MR) is 257 cm³/mol. The van der Waals surface area contributed by atoms with Crippen molar-refractivity contribution in [3.05, 3.63) is 179 Å². The van der Waals surface area contributed by atoms with Crippen molar-refractivity contribution in [3.8, 4) is 34.5 Å². The Hall–Kier alpha value is -4.81. The largest absolute Gasteiger partial charge is 3.00 e. The molecule has 0 amide bonds. The van der Waals surface area contributed by atoms with Crippen molar-refractivity contribution >= 4 is 24.9 Å². The van der Waals surface area contributed by atoms with Gasteiger partial charge in [-0.05, 0) is 33.4 Å². The molecule has 2 saturated heterocycles. The van der Waals surface area contributed by atoms with Gasteiger partial charge in [0.25, 0.3) is 0 Å². The maximum absolute atomic E-state index is 12.6. The standard InChI is InChI=1S/2C27H30N4O3.2Dy/c2*32-24-10-4-1-7-21(24)19-28-13-15-30-17-18-31(27(30)23-9-3-6-12-26(23)34)16-14-29-20-22-8-2-5-11-25(22)33;;/h2*1-12,19-20,27,32-34H,13-18H2;;/q;;2*+3/p-6. The fourth-order valence-corrected chi connectivity index (χ4v) is 8.32. The van der Waals surface area contributed by atoms with Gasteiger partial charge in [-0.25, -0.2) is 0 Å². The van der Waals surface area contributed by atoms with Crippen molar-refractivity contribution in [3.63, 3.8) is 0 Å². The number of benzene rings is 6. The summed E-state index contributed by atoms with van der Waals surface area (Å²) in [7, 11) is 0. The van der Waals surface area contributed by atoms with Crippen LogP contribution < -0.4 is 30.6 Å². The molecule has 0 atom stereocenters. The van der Waals surface area contributed by atoms with E-state index in [-0.39, 0.29) is 123 Å². The first-order valence-electron chi connectivity index (χ1n) is 22.8. The molecule has 2 heterocycles. The molecule has 0 bridgehead atoms. The molecule has 14 nitrogen and oxygen atoms in total. The zero-order valence-corrected chi connectivity index (χ0v) is 42.5. The molecule has 0 aromatic heterocycles. The third kappa shape index (κ3) is 16.1. The van der Waals surface area contributed by atoms with Gasteiger partial charge >= 0.3 is 76.3 Å². The van der Waals surface area contributed by atoms with Crippen LogP contribution in [0.3, 0.4) is 0 Å². The quantitative estimate of drug-likeness (QED) is 0.115. The van der Waals surface area contributed by atoms with Gasteiger partial charge in [0.05, 0.1) is 38.5 Å². The van der Waals surface area contributed by atoms with Crippen LogP contribution in [0.25, 0.3) is 0 Å². The van der Waals surface area contributed by atoms with E-state index in [1.54, 1.807) is 97.7 Å². The van der Waals surface area contributed by atoms with Crippen molar-refractivity contribution < 1.29 is 107 Å². The molecule has 70 heavy (non-hydrogen) atoms. The summed E-state index contributed by atoms with van der Waals surface area (Å²) in [6.45, 7) is 7.99. The Morgan fingerprint density at radius 1 is 0.329 bits per heavy atom. The van der Waals surface area contributed by atoms with Crippen LogP contribution in [0.5, 0.6) is 34.5 Å². The van der Waals surface area contributed by atoms with E-state index < -0.39 is 0 Å².